The Morgan fingerprint density at radius 2 is 1.88 bits per heavy atom. The predicted octanol–water partition coefficient (Wildman–Crippen LogP) is 4.72. The fraction of sp³-hybridized carbons (Fsp3) is 0.0435. The van der Waals surface area contributed by atoms with E-state index in [1.165, 1.54) is 58.5 Å². The average Bonchev–Trinajstić information content (AvgIpc) is 3.44. The summed E-state index contributed by atoms with van der Waals surface area (Å²) in [7, 11) is 0. The number of carbonyl (C=O) groups excluding carboxylic acids is 1. The molecule has 0 aliphatic carbocycles. The number of nitro benzene ring substituents is 1. The molecule has 0 amide bonds. The highest BCUT2D eigenvalue weighted by molar-refractivity contribution is 7.12. The van der Waals surface area contributed by atoms with Crippen LogP contribution in [-0.4, -0.2) is 37.1 Å². The minimum Gasteiger partial charge on any atom is -0.503 e. The SMILES string of the molecule is C=CCOc1ccc(C(=O)c2c(O)c(O)n(-c3nccs3)c2-c2ccc([N+](=O)[O-])cc2)cc1. The van der Waals surface area contributed by atoms with Crippen molar-refractivity contribution in [2.45, 2.75) is 0 Å². The Hall–Kier alpha value is -4.44. The molecule has 0 saturated carbocycles. The van der Waals surface area contributed by atoms with Crippen molar-refractivity contribution in [3.8, 4) is 33.8 Å². The van der Waals surface area contributed by atoms with Gasteiger partial charge in [-0.1, -0.05) is 12.7 Å². The molecule has 0 radical (unpaired) electrons. The zero-order chi connectivity index (χ0) is 23.5. The Balaban J connectivity index is 1.87. The summed E-state index contributed by atoms with van der Waals surface area (Å²) < 4.78 is 6.68. The smallest absolute Gasteiger partial charge is 0.269 e. The van der Waals surface area contributed by atoms with Gasteiger partial charge in [-0.05, 0) is 36.4 Å². The van der Waals surface area contributed by atoms with Crippen molar-refractivity contribution in [1.82, 2.24) is 9.55 Å². The average molecular weight is 463 g/mol. The van der Waals surface area contributed by atoms with Gasteiger partial charge in [-0.15, -0.1) is 11.3 Å². The van der Waals surface area contributed by atoms with E-state index < -0.39 is 22.3 Å². The molecule has 2 aromatic heterocycles. The van der Waals surface area contributed by atoms with Gasteiger partial charge >= 0.3 is 0 Å². The summed E-state index contributed by atoms with van der Waals surface area (Å²) in [4.78, 5) is 28.1. The van der Waals surface area contributed by atoms with E-state index in [4.69, 9.17) is 4.74 Å². The minimum absolute atomic E-state index is 0.137. The zero-order valence-corrected chi connectivity index (χ0v) is 17.9. The summed E-state index contributed by atoms with van der Waals surface area (Å²) in [6.45, 7) is 3.89. The van der Waals surface area contributed by atoms with E-state index in [0.717, 1.165) is 0 Å². The molecule has 4 rings (SSSR count). The molecule has 9 nitrogen and oxygen atoms in total. The number of benzene rings is 2. The van der Waals surface area contributed by atoms with Gasteiger partial charge in [0.15, 0.2) is 16.7 Å². The highest BCUT2D eigenvalue weighted by atomic mass is 32.1. The number of hydrogen-bond acceptors (Lipinski definition) is 8. The minimum atomic E-state index is -0.615. The maximum atomic E-state index is 13.4. The Morgan fingerprint density at radius 1 is 1.18 bits per heavy atom. The molecule has 0 spiro atoms. The molecule has 33 heavy (non-hydrogen) atoms. The molecule has 4 aromatic rings. The molecule has 0 fully saturated rings. The molecule has 0 unspecified atom stereocenters. The number of thiazole rings is 1. The highest BCUT2D eigenvalue weighted by Crippen LogP contribution is 2.44. The summed E-state index contributed by atoms with van der Waals surface area (Å²) in [5.74, 6) is -1.20. The lowest BCUT2D eigenvalue weighted by molar-refractivity contribution is -0.384. The lowest BCUT2D eigenvalue weighted by atomic mass is 9.99. The van der Waals surface area contributed by atoms with Gasteiger partial charge < -0.3 is 14.9 Å². The quantitative estimate of drug-likeness (QED) is 0.167. The number of hydrogen-bond donors (Lipinski definition) is 2. The van der Waals surface area contributed by atoms with Crippen LogP contribution in [0.2, 0.25) is 0 Å². The first kappa shape index (κ1) is 21.8. The van der Waals surface area contributed by atoms with E-state index in [1.54, 1.807) is 23.6 Å². The van der Waals surface area contributed by atoms with Crippen LogP contribution in [0.3, 0.4) is 0 Å². The van der Waals surface area contributed by atoms with Gasteiger partial charge in [-0.3, -0.25) is 19.5 Å². The third-order valence-electron chi connectivity index (χ3n) is 4.79. The van der Waals surface area contributed by atoms with Gasteiger partial charge in [0.25, 0.3) is 5.69 Å². The first-order valence-corrected chi connectivity index (χ1v) is 10.5. The van der Waals surface area contributed by atoms with Crippen LogP contribution in [0, 0.1) is 10.1 Å². The zero-order valence-electron chi connectivity index (χ0n) is 17.0. The molecule has 2 heterocycles. The van der Waals surface area contributed by atoms with Crippen LogP contribution in [0.5, 0.6) is 17.4 Å². The van der Waals surface area contributed by atoms with Gasteiger partial charge in [0.1, 0.15) is 12.4 Å². The van der Waals surface area contributed by atoms with Crippen molar-refractivity contribution < 1.29 is 24.7 Å². The molecular weight excluding hydrogens is 446 g/mol. The molecular formula is C23H17N3O6S. The van der Waals surface area contributed by atoms with Crippen LogP contribution in [0.4, 0.5) is 5.69 Å². The second-order valence-electron chi connectivity index (χ2n) is 6.80. The molecule has 166 valence electrons. The first-order chi connectivity index (χ1) is 15.9. The monoisotopic (exact) mass is 463 g/mol. The molecule has 0 aliphatic rings. The van der Waals surface area contributed by atoms with Crippen molar-refractivity contribution in [1.29, 1.82) is 0 Å². The van der Waals surface area contributed by atoms with Crippen LogP contribution >= 0.6 is 11.3 Å². The Labute approximate surface area is 191 Å². The summed E-state index contributed by atoms with van der Waals surface area (Å²) in [6.07, 6.45) is 3.11. The number of carbonyl (C=O) groups is 1. The van der Waals surface area contributed by atoms with Crippen molar-refractivity contribution in [2.24, 2.45) is 0 Å². The van der Waals surface area contributed by atoms with E-state index in [-0.39, 0.29) is 22.5 Å². The summed E-state index contributed by atoms with van der Waals surface area (Å²) in [6, 6.07) is 11.7. The molecule has 10 heteroatoms. The number of non-ortho nitro benzene ring substituents is 1. The van der Waals surface area contributed by atoms with Crippen molar-refractivity contribution in [3.63, 3.8) is 0 Å². The molecule has 0 saturated heterocycles. The standard InChI is InChI=1S/C23H17N3O6S/c1-2-12-32-17-9-5-15(6-10-17)20(27)18-19(14-3-7-16(8-4-14)26(30)31)25(22(29)21(18)28)23-24-11-13-33-23/h2-11,13,28-29H,1,12H2. The van der Waals surface area contributed by atoms with Crippen molar-refractivity contribution in [2.75, 3.05) is 6.61 Å². The van der Waals surface area contributed by atoms with E-state index in [2.05, 4.69) is 11.6 Å². The topological polar surface area (TPSA) is 128 Å². The van der Waals surface area contributed by atoms with Crippen molar-refractivity contribution >= 4 is 22.8 Å². The van der Waals surface area contributed by atoms with Gasteiger partial charge in [-0.2, -0.15) is 0 Å². The Bertz CT molecular complexity index is 1330. The van der Waals surface area contributed by atoms with E-state index in [0.29, 0.717) is 23.1 Å². The fourth-order valence-corrected chi connectivity index (χ4v) is 3.94. The first-order valence-electron chi connectivity index (χ1n) is 9.62. The van der Waals surface area contributed by atoms with Crippen LogP contribution in [0.1, 0.15) is 15.9 Å². The van der Waals surface area contributed by atoms with Crippen LogP contribution in [-0.2, 0) is 0 Å². The number of aromatic hydroxyl groups is 2. The Morgan fingerprint density at radius 3 is 2.45 bits per heavy atom. The number of aromatic nitrogens is 2. The number of nitrogens with zero attached hydrogens (tertiary/aromatic N) is 3. The second kappa shape index (κ2) is 8.97. The number of nitro groups is 1. The van der Waals surface area contributed by atoms with Gasteiger partial charge in [0.2, 0.25) is 5.88 Å². The Kier molecular flexibility index (Phi) is 5.92. The van der Waals surface area contributed by atoms with E-state index in [1.807, 2.05) is 0 Å². The molecule has 0 bridgehead atoms. The second-order valence-corrected chi connectivity index (χ2v) is 7.68. The molecule has 2 N–H and O–H groups in total. The summed E-state index contributed by atoms with van der Waals surface area (Å²) in [5.41, 5.74) is 0.488. The molecule has 0 aliphatic heterocycles. The van der Waals surface area contributed by atoms with Crippen LogP contribution in [0.15, 0.2) is 72.8 Å². The maximum absolute atomic E-state index is 13.4. The largest absolute Gasteiger partial charge is 0.503 e. The number of ketones is 1. The lowest BCUT2D eigenvalue weighted by Crippen LogP contribution is -2.05. The summed E-state index contributed by atoms with van der Waals surface area (Å²) in [5, 5.41) is 34.5. The van der Waals surface area contributed by atoms with E-state index in [9.17, 15) is 25.1 Å². The van der Waals surface area contributed by atoms with Crippen molar-refractivity contribution in [3.05, 3.63) is 94.0 Å². The third-order valence-corrected chi connectivity index (χ3v) is 5.55. The van der Waals surface area contributed by atoms with Gasteiger partial charge in [-0.25, -0.2) is 4.98 Å². The summed E-state index contributed by atoms with van der Waals surface area (Å²) >= 11 is 1.18. The normalized spacial score (nSPS) is 10.7. The highest BCUT2D eigenvalue weighted by Gasteiger charge is 2.30. The molecule has 2 aromatic carbocycles. The number of rotatable bonds is 8. The lowest BCUT2D eigenvalue weighted by Gasteiger charge is -2.10. The molecule has 0 atom stereocenters. The predicted molar refractivity (Wildman–Crippen MR) is 122 cm³/mol. The van der Waals surface area contributed by atoms with Gasteiger partial charge in [0, 0.05) is 34.8 Å². The van der Waals surface area contributed by atoms with Crippen LogP contribution in [0.25, 0.3) is 16.4 Å². The third kappa shape index (κ3) is 4.06. The van der Waals surface area contributed by atoms with E-state index >= 15 is 0 Å². The van der Waals surface area contributed by atoms with Crippen LogP contribution < -0.4 is 4.74 Å². The maximum Gasteiger partial charge on any atom is 0.269 e. The fourth-order valence-electron chi connectivity index (χ4n) is 3.29. The number of ether oxygens (including phenoxy) is 1. The van der Waals surface area contributed by atoms with Gasteiger partial charge in [0.05, 0.1) is 16.2 Å².